The van der Waals surface area contributed by atoms with E-state index in [1.807, 2.05) is 18.2 Å². The maximum Gasteiger partial charge on any atom is 0.224 e. The molecule has 0 aliphatic heterocycles. The van der Waals surface area contributed by atoms with E-state index in [2.05, 4.69) is 54.7 Å². The molecule has 1 heterocycles. The molecule has 4 heteroatoms. The van der Waals surface area contributed by atoms with Crippen LogP contribution in [0.25, 0.3) is 10.2 Å². The van der Waals surface area contributed by atoms with Gasteiger partial charge >= 0.3 is 0 Å². The van der Waals surface area contributed by atoms with Crippen molar-refractivity contribution in [3.8, 4) is 0 Å². The largest absolute Gasteiger partial charge is 0.352 e. The van der Waals surface area contributed by atoms with Gasteiger partial charge in [-0.3, -0.25) is 4.79 Å². The normalized spacial score (nSPS) is 19.6. The lowest BCUT2D eigenvalue weighted by Gasteiger charge is -2.26. The zero-order valence-corrected chi connectivity index (χ0v) is 15.6. The third kappa shape index (κ3) is 3.56. The van der Waals surface area contributed by atoms with Gasteiger partial charge in [-0.15, -0.1) is 11.3 Å². The van der Waals surface area contributed by atoms with Crippen molar-refractivity contribution in [3.63, 3.8) is 0 Å². The number of aryl methyl sites for hydroxylation is 1. The Balaban J connectivity index is 1.50. The molecule has 2 aromatic carbocycles. The van der Waals surface area contributed by atoms with Crippen LogP contribution in [0.1, 0.15) is 34.9 Å². The fourth-order valence-corrected chi connectivity index (χ4v) is 4.60. The highest BCUT2D eigenvalue weighted by molar-refractivity contribution is 7.18. The van der Waals surface area contributed by atoms with Crippen molar-refractivity contribution in [2.75, 3.05) is 0 Å². The van der Waals surface area contributed by atoms with E-state index in [1.165, 1.54) is 10.3 Å². The van der Waals surface area contributed by atoms with E-state index in [9.17, 15) is 4.79 Å². The van der Waals surface area contributed by atoms with E-state index in [1.54, 1.807) is 11.3 Å². The van der Waals surface area contributed by atoms with Crippen LogP contribution >= 0.6 is 11.3 Å². The fourth-order valence-electron chi connectivity index (χ4n) is 3.45. The second-order valence-electron chi connectivity index (χ2n) is 6.88. The number of benzene rings is 2. The summed E-state index contributed by atoms with van der Waals surface area (Å²) in [6.07, 6.45) is 5.96. The second-order valence-corrected chi connectivity index (χ2v) is 7.94. The minimum atomic E-state index is -0.0500. The summed E-state index contributed by atoms with van der Waals surface area (Å²) in [6, 6.07) is 16.5. The molecule has 3 nitrogen and oxygen atoms in total. The lowest BCUT2D eigenvalue weighted by molar-refractivity contribution is -0.125. The Morgan fingerprint density at radius 3 is 2.69 bits per heavy atom. The zero-order chi connectivity index (χ0) is 17.9. The van der Waals surface area contributed by atoms with Crippen LogP contribution in [-0.4, -0.2) is 10.9 Å². The molecule has 1 aliphatic carbocycles. The van der Waals surface area contributed by atoms with Gasteiger partial charge in [0.25, 0.3) is 0 Å². The quantitative estimate of drug-likeness (QED) is 0.666. The maximum atomic E-state index is 12.9. The number of hydrogen-bond acceptors (Lipinski definition) is 3. The Bertz CT molecular complexity index is 909. The van der Waals surface area contributed by atoms with Crippen LogP contribution in [0.5, 0.6) is 0 Å². The number of carbonyl (C=O) groups is 1. The van der Waals surface area contributed by atoms with Crippen LogP contribution in [-0.2, 0) is 11.3 Å². The monoisotopic (exact) mass is 362 g/mol. The van der Waals surface area contributed by atoms with Crippen molar-refractivity contribution in [2.24, 2.45) is 5.92 Å². The van der Waals surface area contributed by atoms with Crippen molar-refractivity contribution < 1.29 is 4.79 Å². The van der Waals surface area contributed by atoms with Crippen LogP contribution in [0.3, 0.4) is 0 Å². The van der Waals surface area contributed by atoms with Gasteiger partial charge < -0.3 is 5.32 Å². The molecular weight excluding hydrogens is 340 g/mol. The number of amides is 1. The lowest BCUT2D eigenvalue weighted by Crippen LogP contribution is -2.34. The van der Waals surface area contributed by atoms with Gasteiger partial charge in [-0.25, -0.2) is 4.98 Å². The van der Waals surface area contributed by atoms with E-state index < -0.39 is 0 Å². The lowest BCUT2D eigenvalue weighted by atomic mass is 9.82. The molecule has 0 radical (unpaired) electrons. The molecule has 0 saturated carbocycles. The predicted molar refractivity (Wildman–Crippen MR) is 107 cm³/mol. The average molecular weight is 362 g/mol. The predicted octanol–water partition coefficient (Wildman–Crippen LogP) is 4.97. The first kappa shape index (κ1) is 17.0. The third-order valence-electron chi connectivity index (χ3n) is 4.98. The number of fused-ring (bicyclic) bond motifs is 1. The van der Waals surface area contributed by atoms with Crippen molar-refractivity contribution in [1.29, 1.82) is 0 Å². The summed E-state index contributed by atoms with van der Waals surface area (Å²) in [5, 5.41) is 4.20. The standard InChI is InChI=1S/C22H22N2OS/c1-15-10-12-16(13-11-15)14-23-21(25)17-6-2-3-7-18(17)22-24-19-8-4-5-9-20(19)26-22/h2-5,8-13,17-18H,6-7,14H2,1H3,(H,23,25)/t17-,18-/m0/s1. The molecule has 0 saturated heterocycles. The van der Waals surface area contributed by atoms with Gasteiger partial charge in [0, 0.05) is 12.5 Å². The minimum absolute atomic E-state index is 0.0500. The summed E-state index contributed by atoms with van der Waals surface area (Å²) < 4.78 is 1.19. The van der Waals surface area contributed by atoms with Crippen LogP contribution in [0, 0.1) is 12.8 Å². The van der Waals surface area contributed by atoms with Gasteiger partial charge in [-0.2, -0.15) is 0 Å². The number of nitrogens with one attached hydrogen (secondary N) is 1. The maximum absolute atomic E-state index is 12.9. The highest BCUT2D eigenvalue weighted by atomic mass is 32.1. The number of hydrogen-bond donors (Lipinski definition) is 1. The third-order valence-corrected chi connectivity index (χ3v) is 6.15. The number of rotatable bonds is 4. The Morgan fingerprint density at radius 1 is 1.12 bits per heavy atom. The van der Waals surface area contributed by atoms with Gasteiger partial charge in [0.2, 0.25) is 5.91 Å². The molecule has 3 aromatic rings. The molecule has 0 fully saturated rings. The number of thiazole rings is 1. The van der Waals surface area contributed by atoms with E-state index in [-0.39, 0.29) is 17.7 Å². The van der Waals surface area contributed by atoms with Gasteiger partial charge in [0.15, 0.2) is 0 Å². The van der Waals surface area contributed by atoms with Gasteiger partial charge in [0.1, 0.15) is 0 Å². The summed E-state index contributed by atoms with van der Waals surface area (Å²) in [7, 11) is 0. The first-order valence-corrected chi connectivity index (χ1v) is 9.86. The Hall–Kier alpha value is -2.46. The van der Waals surface area contributed by atoms with E-state index in [0.717, 1.165) is 28.9 Å². The average Bonchev–Trinajstić information content (AvgIpc) is 3.11. The summed E-state index contributed by atoms with van der Waals surface area (Å²) in [5.74, 6) is 0.237. The smallest absolute Gasteiger partial charge is 0.224 e. The molecule has 1 aliphatic rings. The molecular formula is C22H22N2OS. The van der Waals surface area contributed by atoms with Crippen molar-refractivity contribution >= 4 is 27.5 Å². The van der Waals surface area contributed by atoms with Gasteiger partial charge in [0.05, 0.1) is 21.1 Å². The Morgan fingerprint density at radius 2 is 1.88 bits per heavy atom. The van der Waals surface area contributed by atoms with Crippen LogP contribution < -0.4 is 5.32 Å². The van der Waals surface area contributed by atoms with Crippen LogP contribution in [0.2, 0.25) is 0 Å². The summed E-state index contributed by atoms with van der Waals surface area (Å²) >= 11 is 1.72. The first-order valence-electron chi connectivity index (χ1n) is 9.04. The fraction of sp³-hybridized carbons (Fsp3) is 0.273. The molecule has 132 valence electrons. The molecule has 4 rings (SSSR count). The second kappa shape index (κ2) is 7.42. The number of nitrogens with zero attached hydrogens (tertiary/aromatic N) is 1. The van der Waals surface area contributed by atoms with Crippen LogP contribution in [0.15, 0.2) is 60.7 Å². The molecule has 0 bridgehead atoms. The number of carbonyl (C=O) groups excluding carboxylic acids is 1. The number of para-hydroxylation sites is 1. The minimum Gasteiger partial charge on any atom is -0.352 e. The number of allylic oxidation sites excluding steroid dienone is 2. The van der Waals surface area contributed by atoms with Crippen molar-refractivity contribution in [3.05, 3.63) is 76.8 Å². The van der Waals surface area contributed by atoms with E-state index in [4.69, 9.17) is 4.98 Å². The topological polar surface area (TPSA) is 42.0 Å². The van der Waals surface area contributed by atoms with E-state index >= 15 is 0 Å². The zero-order valence-electron chi connectivity index (χ0n) is 14.8. The summed E-state index contributed by atoms with van der Waals surface area (Å²) in [5.41, 5.74) is 3.39. The SMILES string of the molecule is Cc1ccc(CNC(=O)[C@H]2CC=CC[C@@H]2c2nc3ccccc3s2)cc1. The molecule has 1 amide bonds. The van der Waals surface area contributed by atoms with Gasteiger partial charge in [-0.05, 0) is 37.5 Å². The Kier molecular flexibility index (Phi) is 4.85. The Labute approximate surface area is 157 Å². The highest BCUT2D eigenvalue weighted by Crippen LogP contribution is 2.38. The molecule has 1 aromatic heterocycles. The van der Waals surface area contributed by atoms with E-state index in [0.29, 0.717) is 6.54 Å². The van der Waals surface area contributed by atoms with Gasteiger partial charge in [-0.1, -0.05) is 54.1 Å². The molecule has 2 atom stereocenters. The van der Waals surface area contributed by atoms with Crippen molar-refractivity contribution in [2.45, 2.75) is 32.2 Å². The molecule has 1 N–H and O–H groups in total. The van der Waals surface area contributed by atoms with Crippen molar-refractivity contribution in [1.82, 2.24) is 10.3 Å². The molecule has 26 heavy (non-hydrogen) atoms. The summed E-state index contributed by atoms with van der Waals surface area (Å²) in [4.78, 5) is 17.7. The van der Waals surface area contributed by atoms with Crippen LogP contribution in [0.4, 0.5) is 0 Å². The number of aromatic nitrogens is 1. The highest BCUT2D eigenvalue weighted by Gasteiger charge is 2.32. The summed E-state index contributed by atoms with van der Waals surface area (Å²) in [6.45, 7) is 2.64. The molecule has 0 spiro atoms. The first-order chi connectivity index (χ1) is 12.7. The molecule has 0 unspecified atom stereocenters.